The van der Waals surface area contributed by atoms with Crippen LogP contribution in [0.4, 0.5) is 0 Å². The Balaban J connectivity index is 1.53. The molecule has 5 saturated carbocycles. The maximum Gasteiger partial charge on any atom is 0.309 e. The number of fused-ring (bicyclic) bond motifs is 7. The summed E-state index contributed by atoms with van der Waals surface area (Å²) in [7, 11) is 0. The maximum absolute atomic E-state index is 14.5. The minimum atomic E-state index is -0.671. The molecule has 0 aromatic heterocycles. The van der Waals surface area contributed by atoms with Crippen LogP contribution in [0.25, 0.3) is 0 Å². The number of aliphatic carboxylic acids is 1. The number of carboxylic acid groups (broad SMARTS) is 1. The lowest BCUT2D eigenvalue weighted by Crippen LogP contribution is -2.69. The summed E-state index contributed by atoms with van der Waals surface area (Å²) in [5.74, 6) is 0.879. The Bertz CT molecular complexity index is 1020. The van der Waals surface area contributed by atoms with Gasteiger partial charge >= 0.3 is 5.97 Å². The summed E-state index contributed by atoms with van der Waals surface area (Å²) in [5.41, 5.74) is -0.595. The Morgan fingerprint density at radius 3 is 2.16 bits per heavy atom. The molecule has 0 aromatic rings. The number of thiocarbonyl (C=S) groups is 1. The molecule has 0 radical (unpaired) electrons. The van der Waals surface area contributed by atoms with E-state index in [4.69, 9.17) is 17.0 Å². The monoisotopic (exact) mass is 530 g/mol. The zero-order valence-corrected chi connectivity index (χ0v) is 25.4. The Labute approximate surface area is 230 Å². The van der Waals surface area contributed by atoms with Crippen LogP contribution in [0.2, 0.25) is 0 Å². The van der Waals surface area contributed by atoms with E-state index in [-0.39, 0.29) is 45.0 Å². The van der Waals surface area contributed by atoms with Gasteiger partial charge in [0.25, 0.3) is 0 Å². The van der Waals surface area contributed by atoms with Crippen molar-refractivity contribution in [1.29, 1.82) is 0 Å². The molecule has 5 aliphatic rings. The molecule has 0 heterocycles. The van der Waals surface area contributed by atoms with Crippen molar-refractivity contribution in [3.8, 4) is 0 Å². The van der Waals surface area contributed by atoms with Gasteiger partial charge in [-0.1, -0.05) is 41.5 Å². The molecule has 10 atom stereocenters. The highest BCUT2D eigenvalue weighted by atomic mass is 32.1. The first kappa shape index (κ1) is 27.6. The lowest BCUT2D eigenvalue weighted by Gasteiger charge is -2.72. The van der Waals surface area contributed by atoms with E-state index in [1.165, 1.54) is 0 Å². The van der Waals surface area contributed by atoms with Crippen molar-refractivity contribution in [2.24, 2.45) is 56.2 Å². The van der Waals surface area contributed by atoms with E-state index in [1.54, 1.807) is 0 Å². The number of Topliss-reactive ketones (excluding diaryl/α,β-unsaturated/α-hetero) is 1. The summed E-state index contributed by atoms with van der Waals surface area (Å²) in [4.78, 5) is 26.8. The molecule has 4 nitrogen and oxygen atoms in total. The van der Waals surface area contributed by atoms with Gasteiger partial charge in [0.2, 0.25) is 0 Å². The fourth-order valence-electron chi connectivity index (χ4n) is 11.5. The van der Waals surface area contributed by atoms with Gasteiger partial charge in [0.1, 0.15) is 11.9 Å². The molecular weight excluding hydrogens is 480 g/mol. The molecule has 0 amide bonds. The molecule has 0 aromatic carbocycles. The van der Waals surface area contributed by atoms with Crippen molar-refractivity contribution < 1.29 is 19.4 Å². The predicted molar refractivity (Wildman–Crippen MR) is 150 cm³/mol. The number of hydrogen-bond acceptors (Lipinski definition) is 4. The van der Waals surface area contributed by atoms with Crippen molar-refractivity contribution in [3.63, 3.8) is 0 Å². The number of carbonyl (C=O) groups excluding carboxylic acids is 1. The zero-order valence-electron chi connectivity index (χ0n) is 24.5. The quantitative estimate of drug-likeness (QED) is 0.368. The van der Waals surface area contributed by atoms with E-state index in [0.29, 0.717) is 29.1 Å². The Kier molecular flexibility index (Phi) is 6.17. The predicted octanol–water partition coefficient (Wildman–Crippen LogP) is 7.86. The van der Waals surface area contributed by atoms with Gasteiger partial charge in [-0.2, -0.15) is 0 Å². The van der Waals surface area contributed by atoms with Gasteiger partial charge < -0.3 is 9.84 Å². The first-order chi connectivity index (χ1) is 16.9. The standard InChI is InChI=1S/C32H50O4S/c1-19(37)36-24-10-11-30(6)23(27(24,2)3)9-12-32(8)25(30)22(33)17-20-21-18-29(5,26(34)35)14-13-28(21,4)15-16-31(20,32)7/h20-21,23-25H,9-18H2,1-8H3,(H,34,35)/t20-,21-,23-,24-,25+,28+,29-,30-,31+,32+/m0/s1. The van der Waals surface area contributed by atoms with Gasteiger partial charge in [-0.05, 0) is 116 Å². The van der Waals surface area contributed by atoms with E-state index < -0.39 is 11.4 Å². The van der Waals surface area contributed by atoms with Crippen LogP contribution in [-0.4, -0.2) is 28.0 Å². The molecule has 0 aliphatic heterocycles. The van der Waals surface area contributed by atoms with Gasteiger partial charge in [-0.15, -0.1) is 0 Å². The normalized spacial score (nSPS) is 52.6. The Hall–Kier alpha value is -0.970. The van der Waals surface area contributed by atoms with E-state index in [2.05, 4.69) is 41.5 Å². The summed E-state index contributed by atoms with van der Waals surface area (Å²) in [6, 6.07) is 0. The van der Waals surface area contributed by atoms with Crippen molar-refractivity contribution in [2.45, 2.75) is 126 Å². The topological polar surface area (TPSA) is 63.6 Å². The van der Waals surface area contributed by atoms with Gasteiger partial charge in [-0.25, -0.2) is 0 Å². The van der Waals surface area contributed by atoms with E-state index in [1.807, 2.05) is 13.8 Å². The first-order valence-corrected chi connectivity index (χ1v) is 15.3. The highest BCUT2D eigenvalue weighted by molar-refractivity contribution is 7.80. The summed E-state index contributed by atoms with van der Waals surface area (Å²) in [6.07, 6.45) is 9.67. The fourth-order valence-corrected chi connectivity index (χ4v) is 11.6. The maximum atomic E-state index is 14.5. The number of carboxylic acids is 1. The Morgan fingerprint density at radius 1 is 0.892 bits per heavy atom. The van der Waals surface area contributed by atoms with Crippen LogP contribution >= 0.6 is 12.2 Å². The molecule has 0 saturated heterocycles. The summed E-state index contributed by atoms with van der Waals surface area (Å²) < 4.78 is 6.20. The van der Waals surface area contributed by atoms with Gasteiger partial charge in [0.05, 0.1) is 5.41 Å². The second-order valence-electron chi connectivity index (χ2n) is 15.9. The van der Waals surface area contributed by atoms with Crippen LogP contribution in [-0.2, 0) is 14.3 Å². The SMILES string of the molecule is CC(=S)O[C@H]1CC[C@]2(C)[C@H]3C(=O)C[C@H]4[C@@H]5C[C@@](C)(C(=O)O)CC[C@]5(C)CC[C@@]4(C)[C@]3(C)CC[C@H]2C1(C)C. The minimum Gasteiger partial charge on any atom is -0.484 e. The van der Waals surface area contributed by atoms with Crippen LogP contribution in [0, 0.1) is 56.2 Å². The summed E-state index contributed by atoms with van der Waals surface area (Å²) in [6.45, 7) is 18.3. The number of ether oxygens (including phenoxy) is 1. The second-order valence-corrected chi connectivity index (χ2v) is 16.5. The van der Waals surface area contributed by atoms with Crippen molar-refractivity contribution in [1.82, 2.24) is 0 Å². The first-order valence-electron chi connectivity index (χ1n) is 14.9. The van der Waals surface area contributed by atoms with Crippen LogP contribution in [0.15, 0.2) is 0 Å². The third kappa shape index (κ3) is 3.60. The molecule has 37 heavy (non-hydrogen) atoms. The van der Waals surface area contributed by atoms with Crippen molar-refractivity contribution in [2.75, 3.05) is 0 Å². The minimum absolute atomic E-state index is 0.0375. The number of ketones is 1. The summed E-state index contributed by atoms with van der Waals surface area (Å²) in [5, 5.41) is 10.7. The van der Waals surface area contributed by atoms with Crippen molar-refractivity contribution >= 4 is 29.0 Å². The number of hydrogen-bond donors (Lipinski definition) is 1. The number of rotatable bonds is 2. The third-order valence-corrected chi connectivity index (χ3v) is 14.0. The number of carbonyl (C=O) groups is 2. The third-order valence-electron chi connectivity index (χ3n) is 13.9. The molecule has 0 spiro atoms. The van der Waals surface area contributed by atoms with E-state index in [9.17, 15) is 14.7 Å². The van der Waals surface area contributed by atoms with Gasteiger partial charge in [0, 0.05) is 24.7 Å². The molecule has 1 N–H and O–H groups in total. The molecule has 5 heteroatoms. The average Bonchev–Trinajstić information content (AvgIpc) is 2.78. The van der Waals surface area contributed by atoms with Crippen LogP contribution < -0.4 is 0 Å². The van der Waals surface area contributed by atoms with Crippen molar-refractivity contribution in [3.05, 3.63) is 0 Å². The van der Waals surface area contributed by atoms with Crippen LogP contribution in [0.1, 0.15) is 120 Å². The van der Waals surface area contributed by atoms with E-state index >= 15 is 0 Å². The molecule has 5 rings (SSSR count). The van der Waals surface area contributed by atoms with Crippen LogP contribution in [0.3, 0.4) is 0 Å². The molecule has 0 bridgehead atoms. The van der Waals surface area contributed by atoms with Gasteiger partial charge in [-0.3, -0.25) is 9.59 Å². The largest absolute Gasteiger partial charge is 0.484 e. The van der Waals surface area contributed by atoms with E-state index in [0.717, 1.165) is 57.8 Å². The molecule has 0 unspecified atom stereocenters. The lowest BCUT2D eigenvalue weighted by atomic mass is 9.31. The smallest absolute Gasteiger partial charge is 0.309 e. The average molecular weight is 531 g/mol. The van der Waals surface area contributed by atoms with Gasteiger partial charge in [0.15, 0.2) is 5.05 Å². The lowest BCUT2D eigenvalue weighted by molar-refractivity contribution is -0.242. The highest BCUT2D eigenvalue weighted by Crippen LogP contribution is 2.76. The summed E-state index contributed by atoms with van der Waals surface area (Å²) >= 11 is 5.34. The molecular formula is C32H50O4S. The zero-order chi connectivity index (χ0) is 27.4. The molecule has 208 valence electrons. The molecule has 5 aliphatic carbocycles. The Morgan fingerprint density at radius 2 is 1.54 bits per heavy atom. The fraction of sp³-hybridized carbons (Fsp3) is 0.906. The second kappa shape index (κ2) is 8.27. The molecule has 5 fully saturated rings. The highest BCUT2D eigenvalue weighted by Gasteiger charge is 2.72. The van der Waals surface area contributed by atoms with Crippen LogP contribution in [0.5, 0.6) is 0 Å².